The molecule has 3 rings (SSSR count). The van der Waals surface area contributed by atoms with E-state index in [-0.39, 0.29) is 12.3 Å². The number of nitrogens with one attached hydrogen (secondary N) is 1. The summed E-state index contributed by atoms with van der Waals surface area (Å²) in [6, 6.07) is 14.6. The molecule has 2 aromatic carbocycles. The number of aromatic nitrogens is 3. The summed E-state index contributed by atoms with van der Waals surface area (Å²) < 4.78 is 17.8. The van der Waals surface area contributed by atoms with E-state index < -0.39 is 0 Å². The summed E-state index contributed by atoms with van der Waals surface area (Å²) in [5, 5.41) is 11.9. The lowest BCUT2D eigenvalue weighted by atomic mass is 10.3. The van der Waals surface area contributed by atoms with E-state index in [1.54, 1.807) is 38.5 Å². The molecular formula is C21H24N4O4S. The number of carbonyl (C=O) groups is 1. The molecule has 158 valence electrons. The fourth-order valence-electron chi connectivity index (χ4n) is 2.61. The lowest BCUT2D eigenvalue weighted by molar-refractivity contribution is -0.115. The Kier molecular flexibility index (Phi) is 7.56. The minimum atomic E-state index is -0.157. The second-order valence-electron chi connectivity index (χ2n) is 6.28. The van der Waals surface area contributed by atoms with Gasteiger partial charge in [-0.1, -0.05) is 11.8 Å². The third-order valence-electron chi connectivity index (χ3n) is 4.26. The average molecular weight is 429 g/mol. The van der Waals surface area contributed by atoms with Crippen molar-refractivity contribution < 1.29 is 19.0 Å². The minimum Gasteiger partial charge on any atom is -0.497 e. The molecule has 9 heteroatoms. The van der Waals surface area contributed by atoms with Crippen LogP contribution in [0.5, 0.6) is 17.2 Å². The number of benzene rings is 2. The Morgan fingerprint density at radius 2 is 1.57 bits per heavy atom. The Balaban J connectivity index is 1.45. The van der Waals surface area contributed by atoms with E-state index in [4.69, 9.17) is 14.2 Å². The molecule has 0 saturated heterocycles. The van der Waals surface area contributed by atoms with Crippen LogP contribution in [-0.2, 0) is 18.3 Å². The van der Waals surface area contributed by atoms with Crippen molar-refractivity contribution in [1.29, 1.82) is 0 Å². The van der Waals surface area contributed by atoms with E-state index in [1.165, 1.54) is 11.8 Å². The van der Waals surface area contributed by atoms with Crippen LogP contribution in [0.25, 0.3) is 0 Å². The molecule has 0 saturated carbocycles. The minimum absolute atomic E-state index is 0.137. The van der Waals surface area contributed by atoms with Crippen LogP contribution in [-0.4, -0.2) is 47.3 Å². The molecular weight excluding hydrogens is 404 g/mol. The van der Waals surface area contributed by atoms with Crippen molar-refractivity contribution >= 4 is 23.4 Å². The number of anilines is 1. The van der Waals surface area contributed by atoms with Crippen LogP contribution >= 0.6 is 11.8 Å². The largest absolute Gasteiger partial charge is 0.497 e. The van der Waals surface area contributed by atoms with Crippen molar-refractivity contribution in [3.05, 3.63) is 54.4 Å². The predicted molar refractivity (Wildman–Crippen MR) is 116 cm³/mol. The molecule has 1 aromatic heterocycles. The van der Waals surface area contributed by atoms with E-state index in [0.29, 0.717) is 23.9 Å². The molecule has 0 aliphatic rings. The van der Waals surface area contributed by atoms with Crippen LogP contribution < -0.4 is 19.5 Å². The van der Waals surface area contributed by atoms with E-state index in [1.807, 2.05) is 35.9 Å². The first-order valence-electron chi connectivity index (χ1n) is 9.31. The normalized spacial score (nSPS) is 10.5. The summed E-state index contributed by atoms with van der Waals surface area (Å²) in [6.45, 7) is 0.525. The van der Waals surface area contributed by atoms with Crippen molar-refractivity contribution in [2.45, 2.75) is 11.6 Å². The van der Waals surface area contributed by atoms with Crippen molar-refractivity contribution in [3.8, 4) is 17.2 Å². The summed E-state index contributed by atoms with van der Waals surface area (Å²) in [4.78, 5) is 12.3. The molecule has 0 unspecified atom stereocenters. The molecule has 0 aliphatic heterocycles. The molecule has 0 fully saturated rings. The van der Waals surface area contributed by atoms with Gasteiger partial charge >= 0.3 is 0 Å². The molecule has 8 nitrogen and oxygen atoms in total. The van der Waals surface area contributed by atoms with Gasteiger partial charge in [-0.05, 0) is 48.5 Å². The summed E-state index contributed by atoms with van der Waals surface area (Å²) in [5.41, 5.74) is 0.702. The van der Waals surface area contributed by atoms with Gasteiger partial charge in [-0.2, -0.15) is 0 Å². The molecule has 30 heavy (non-hydrogen) atoms. The van der Waals surface area contributed by atoms with Gasteiger partial charge in [0.05, 0.1) is 27.2 Å². The Morgan fingerprint density at radius 3 is 2.20 bits per heavy atom. The number of nitrogens with zero attached hydrogens (tertiary/aromatic N) is 3. The number of thioether (sulfide) groups is 1. The highest BCUT2D eigenvalue weighted by atomic mass is 32.2. The number of rotatable bonds is 10. The van der Waals surface area contributed by atoms with Crippen molar-refractivity contribution in [2.75, 3.05) is 31.9 Å². The molecule has 0 radical (unpaired) electrons. The molecule has 0 bridgehead atoms. The van der Waals surface area contributed by atoms with Crippen LogP contribution in [0.15, 0.2) is 53.7 Å². The van der Waals surface area contributed by atoms with Crippen LogP contribution in [0.1, 0.15) is 5.82 Å². The fourth-order valence-corrected chi connectivity index (χ4v) is 3.36. The maximum absolute atomic E-state index is 12.3. The lowest BCUT2D eigenvalue weighted by Crippen LogP contribution is -2.17. The van der Waals surface area contributed by atoms with Crippen molar-refractivity contribution in [2.24, 2.45) is 7.05 Å². The SMILES string of the molecule is COc1ccc(NC(=O)Cc2nnc(SCCOc3ccc(OC)cc3)n2C)cc1. The molecule has 1 N–H and O–H groups in total. The van der Waals surface area contributed by atoms with Crippen LogP contribution in [0.2, 0.25) is 0 Å². The van der Waals surface area contributed by atoms with Crippen LogP contribution in [0.4, 0.5) is 5.69 Å². The number of amides is 1. The maximum atomic E-state index is 12.3. The number of hydrogen-bond acceptors (Lipinski definition) is 7. The van der Waals surface area contributed by atoms with Gasteiger partial charge in [0.1, 0.15) is 23.1 Å². The predicted octanol–water partition coefficient (Wildman–Crippen LogP) is 3.18. The smallest absolute Gasteiger partial charge is 0.232 e. The Bertz CT molecular complexity index is 958. The highest BCUT2D eigenvalue weighted by Gasteiger charge is 2.13. The third kappa shape index (κ3) is 5.90. The Labute approximate surface area is 179 Å². The summed E-state index contributed by atoms with van der Waals surface area (Å²) >= 11 is 1.52. The van der Waals surface area contributed by atoms with Crippen molar-refractivity contribution in [3.63, 3.8) is 0 Å². The van der Waals surface area contributed by atoms with Gasteiger partial charge in [-0.15, -0.1) is 10.2 Å². The highest BCUT2D eigenvalue weighted by molar-refractivity contribution is 7.99. The Morgan fingerprint density at radius 1 is 0.967 bits per heavy atom. The van der Waals surface area contributed by atoms with Crippen molar-refractivity contribution in [1.82, 2.24) is 14.8 Å². The average Bonchev–Trinajstić information content (AvgIpc) is 3.11. The second kappa shape index (κ2) is 10.5. The van der Waals surface area contributed by atoms with Gasteiger partial charge in [0.2, 0.25) is 5.91 Å². The van der Waals surface area contributed by atoms with Crippen LogP contribution in [0, 0.1) is 0 Å². The summed E-state index contributed by atoms with van der Waals surface area (Å²) in [7, 11) is 5.08. The first-order valence-corrected chi connectivity index (χ1v) is 10.3. The topological polar surface area (TPSA) is 87.5 Å². The molecule has 0 aliphatic carbocycles. The number of carbonyl (C=O) groups excluding carboxylic acids is 1. The molecule has 1 amide bonds. The standard InChI is InChI=1S/C21H24N4O4S/c1-25-19(14-20(26)22-15-4-6-16(27-2)7-5-15)23-24-21(25)30-13-12-29-18-10-8-17(28-3)9-11-18/h4-11H,12-14H2,1-3H3,(H,22,26). The lowest BCUT2D eigenvalue weighted by Gasteiger charge is -2.08. The third-order valence-corrected chi connectivity index (χ3v) is 5.24. The molecule has 1 heterocycles. The zero-order valence-electron chi connectivity index (χ0n) is 17.1. The van der Waals surface area contributed by atoms with E-state index in [9.17, 15) is 4.79 Å². The summed E-state index contributed by atoms with van der Waals surface area (Å²) in [5.74, 6) is 3.45. The number of methoxy groups -OCH3 is 2. The highest BCUT2D eigenvalue weighted by Crippen LogP contribution is 2.20. The fraction of sp³-hybridized carbons (Fsp3) is 0.286. The quantitative estimate of drug-likeness (QED) is 0.392. The van der Waals surface area contributed by atoms with Gasteiger partial charge in [-0.25, -0.2) is 0 Å². The van der Waals surface area contributed by atoms with Crippen LogP contribution in [0.3, 0.4) is 0 Å². The van der Waals surface area contributed by atoms with Gasteiger partial charge in [-0.3, -0.25) is 4.79 Å². The molecule has 0 spiro atoms. The van der Waals surface area contributed by atoms with Gasteiger partial charge in [0.25, 0.3) is 0 Å². The molecule has 0 atom stereocenters. The monoisotopic (exact) mass is 428 g/mol. The maximum Gasteiger partial charge on any atom is 0.232 e. The zero-order chi connectivity index (χ0) is 21.3. The second-order valence-corrected chi connectivity index (χ2v) is 7.35. The first kappa shape index (κ1) is 21.5. The zero-order valence-corrected chi connectivity index (χ0v) is 17.9. The molecule has 3 aromatic rings. The summed E-state index contributed by atoms with van der Waals surface area (Å²) in [6.07, 6.45) is 0.137. The van der Waals surface area contributed by atoms with E-state index >= 15 is 0 Å². The van der Waals surface area contributed by atoms with Gasteiger partial charge in [0.15, 0.2) is 5.16 Å². The van der Waals surface area contributed by atoms with E-state index in [0.717, 1.165) is 22.4 Å². The number of ether oxygens (including phenoxy) is 3. The number of hydrogen-bond donors (Lipinski definition) is 1. The van der Waals surface area contributed by atoms with E-state index in [2.05, 4.69) is 15.5 Å². The van der Waals surface area contributed by atoms with Gasteiger partial charge < -0.3 is 24.1 Å². The van der Waals surface area contributed by atoms with Gasteiger partial charge in [0, 0.05) is 18.5 Å². The Hall–Kier alpha value is -3.20. The first-order chi connectivity index (χ1) is 14.6.